The Morgan fingerprint density at radius 3 is 2.50 bits per heavy atom. The minimum Gasteiger partial charge on any atom is -0.334 e. The fraction of sp³-hybridized carbons (Fsp3) is 0.562. The second-order valence-electron chi connectivity index (χ2n) is 6.63. The molecule has 1 aromatic rings. The molecule has 0 saturated heterocycles. The molecule has 0 radical (unpaired) electrons. The van der Waals surface area contributed by atoms with Crippen LogP contribution in [0, 0.1) is 5.41 Å². The highest BCUT2D eigenvalue weighted by atomic mass is 79.9. The van der Waals surface area contributed by atoms with Crippen LogP contribution < -0.4 is 5.73 Å². The van der Waals surface area contributed by atoms with Gasteiger partial charge in [-0.05, 0) is 29.9 Å². The van der Waals surface area contributed by atoms with Crippen molar-refractivity contribution in [2.75, 3.05) is 0 Å². The van der Waals surface area contributed by atoms with Gasteiger partial charge in [0.1, 0.15) is 0 Å². The molecule has 2 rings (SSSR count). The highest BCUT2D eigenvalue weighted by Gasteiger charge is 2.38. The van der Waals surface area contributed by atoms with Crippen LogP contribution in [0.1, 0.15) is 39.2 Å². The van der Waals surface area contributed by atoms with E-state index in [1.807, 2.05) is 43.9 Å². The van der Waals surface area contributed by atoms with E-state index in [1.54, 1.807) is 0 Å². The Morgan fingerprint density at radius 2 is 2.00 bits per heavy atom. The molecular weight excluding hydrogens is 316 g/mol. The van der Waals surface area contributed by atoms with Crippen LogP contribution in [-0.2, 0) is 11.3 Å². The predicted molar refractivity (Wildman–Crippen MR) is 85.1 cm³/mol. The third-order valence-corrected chi connectivity index (χ3v) is 4.54. The maximum Gasteiger partial charge on any atom is 0.240 e. The number of benzene rings is 1. The van der Waals surface area contributed by atoms with Crippen molar-refractivity contribution in [3.05, 3.63) is 34.3 Å². The molecule has 3 nitrogen and oxygen atoms in total. The van der Waals surface area contributed by atoms with Gasteiger partial charge in [0, 0.05) is 17.1 Å². The summed E-state index contributed by atoms with van der Waals surface area (Å²) in [7, 11) is 0. The van der Waals surface area contributed by atoms with Crippen molar-refractivity contribution in [3.63, 3.8) is 0 Å². The van der Waals surface area contributed by atoms with Gasteiger partial charge in [0.15, 0.2) is 0 Å². The molecule has 1 aromatic carbocycles. The number of amides is 1. The van der Waals surface area contributed by atoms with Gasteiger partial charge in [-0.3, -0.25) is 4.79 Å². The van der Waals surface area contributed by atoms with Gasteiger partial charge in [-0.25, -0.2) is 0 Å². The van der Waals surface area contributed by atoms with Crippen molar-refractivity contribution >= 4 is 21.8 Å². The molecule has 110 valence electrons. The fourth-order valence-corrected chi connectivity index (χ4v) is 2.54. The first-order valence-electron chi connectivity index (χ1n) is 7.10. The lowest BCUT2D eigenvalue weighted by Crippen LogP contribution is -2.50. The van der Waals surface area contributed by atoms with Gasteiger partial charge in [0.05, 0.1) is 6.04 Å². The summed E-state index contributed by atoms with van der Waals surface area (Å²) in [6, 6.07) is 7.95. The van der Waals surface area contributed by atoms with Crippen LogP contribution in [0.4, 0.5) is 0 Å². The van der Waals surface area contributed by atoms with E-state index in [0.717, 1.165) is 22.9 Å². The predicted octanol–water partition coefficient (Wildman–Crippen LogP) is 3.31. The number of hydrogen-bond donors (Lipinski definition) is 1. The lowest BCUT2D eigenvalue weighted by Gasteiger charge is -2.32. The SMILES string of the molecule is CC(C)(C)C(N)C(=O)N(Cc1ccccc1Br)C1CC1. The molecule has 2 N–H and O–H groups in total. The van der Waals surface area contributed by atoms with E-state index < -0.39 is 6.04 Å². The van der Waals surface area contributed by atoms with Crippen LogP contribution in [0.15, 0.2) is 28.7 Å². The molecule has 20 heavy (non-hydrogen) atoms. The molecule has 0 aromatic heterocycles. The summed E-state index contributed by atoms with van der Waals surface area (Å²) < 4.78 is 1.04. The first-order valence-corrected chi connectivity index (χ1v) is 7.89. The summed E-state index contributed by atoms with van der Waals surface area (Å²) in [5, 5.41) is 0. The van der Waals surface area contributed by atoms with Crippen LogP contribution in [0.25, 0.3) is 0 Å². The van der Waals surface area contributed by atoms with E-state index in [0.29, 0.717) is 12.6 Å². The lowest BCUT2D eigenvalue weighted by atomic mass is 9.86. The minimum absolute atomic E-state index is 0.0655. The molecule has 0 heterocycles. The zero-order valence-electron chi connectivity index (χ0n) is 12.4. The Bertz CT molecular complexity index is 491. The number of carbonyl (C=O) groups excluding carboxylic acids is 1. The molecule has 0 aliphatic heterocycles. The van der Waals surface area contributed by atoms with Gasteiger partial charge in [-0.2, -0.15) is 0 Å². The molecule has 1 unspecified atom stereocenters. The van der Waals surface area contributed by atoms with Crippen molar-refractivity contribution in [2.45, 2.75) is 52.2 Å². The molecule has 1 aliphatic carbocycles. The van der Waals surface area contributed by atoms with Crippen LogP contribution in [0.3, 0.4) is 0 Å². The largest absolute Gasteiger partial charge is 0.334 e. The lowest BCUT2D eigenvalue weighted by molar-refractivity contribution is -0.136. The average molecular weight is 339 g/mol. The summed E-state index contributed by atoms with van der Waals surface area (Å²) in [4.78, 5) is 14.6. The molecule has 0 spiro atoms. The Balaban J connectivity index is 2.16. The molecule has 1 atom stereocenters. The summed E-state index contributed by atoms with van der Waals surface area (Å²) in [6.45, 7) is 6.67. The first-order chi connectivity index (χ1) is 9.30. The third-order valence-electron chi connectivity index (χ3n) is 3.77. The van der Waals surface area contributed by atoms with Crippen molar-refractivity contribution in [2.24, 2.45) is 11.1 Å². The summed E-state index contributed by atoms with van der Waals surface area (Å²) in [5.74, 6) is 0.0655. The molecule has 1 amide bonds. The highest BCUT2D eigenvalue weighted by Crippen LogP contribution is 2.32. The van der Waals surface area contributed by atoms with Gasteiger partial charge >= 0.3 is 0 Å². The van der Waals surface area contributed by atoms with E-state index in [9.17, 15) is 4.79 Å². The highest BCUT2D eigenvalue weighted by molar-refractivity contribution is 9.10. The second kappa shape index (κ2) is 5.86. The van der Waals surface area contributed by atoms with E-state index in [4.69, 9.17) is 5.73 Å². The molecular formula is C16H23BrN2O. The normalized spacial score (nSPS) is 16.9. The number of hydrogen-bond acceptors (Lipinski definition) is 2. The Hall–Kier alpha value is -0.870. The maximum absolute atomic E-state index is 12.7. The Morgan fingerprint density at radius 1 is 1.40 bits per heavy atom. The second-order valence-corrected chi connectivity index (χ2v) is 7.49. The van der Waals surface area contributed by atoms with Crippen LogP contribution in [0.5, 0.6) is 0 Å². The molecule has 1 fully saturated rings. The van der Waals surface area contributed by atoms with Gasteiger partial charge in [-0.15, -0.1) is 0 Å². The number of halogens is 1. The van der Waals surface area contributed by atoms with E-state index in [-0.39, 0.29) is 11.3 Å². The van der Waals surface area contributed by atoms with Gasteiger partial charge in [0.25, 0.3) is 0 Å². The van der Waals surface area contributed by atoms with Crippen molar-refractivity contribution < 1.29 is 4.79 Å². The zero-order chi connectivity index (χ0) is 14.9. The topological polar surface area (TPSA) is 46.3 Å². The number of nitrogens with zero attached hydrogens (tertiary/aromatic N) is 1. The van der Waals surface area contributed by atoms with E-state index in [2.05, 4.69) is 22.0 Å². The standard InChI is InChI=1S/C16H23BrN2O/c1-16(2,3)14(18)15(20)19(12-8-9-12)10-11-6-4-5-7-13(11)17/h4-7,12,14H,8-10,18H2,1-3H3. The summed E-state index contributed by atoms with van der Waals surface area (Å²) in [5.41, 5.74) is 7.07. The summed E-state index contributed by atoms with van der Waals surface area (Å²) in [6.07, 6.45) is 2.18. The number of carbonyl (C=O) groups is 1. The molecule has 1 saturated carbocycles. The smallest absolute Gasteiger partial charge is 0.240 e. The Labute approximate surface area is 129 Å². The third kappa shape index (κ3) is 3.61. The molecule has 1 aliphatic rings. The fourth-order valence-electron chi connectivity index (χ4n) is 2.13. The molecule has 0 bridgehead atoms. The maximum atomic E-state index is 12.7. The average Bonchev–Trinajstić information content (AvgIpc) is 3.19. The monoisotopic (exact) mass is 338 g/mol. The van der Waals surface area contributed by atoms with Crippen LogP contribution in [0.2, 0.25) is 0 Å². The quantitative estimate of drug-likeness (QED) is 0.915. The van der Waals surface area contributed by atoms with Gasteiger partial charge in [0.2, 0.25) is 5.91 Å². The number of rotatable bonds is 4. The summed E-state index contributed by atoms with van der Waals surface area (Å²) >= 11 is 3.55. The minimum atomic E-state index is -0.453. The molecule has 4 heteroatoms. The zero-order valence-corrected chi connectivity index (χ0v) is 14.0. The van der Waals surface area contributed by atoms with Gasteiger partial charge in [-0.1, -0.05) is 54.9 Å². The van der Waals surface area contributed by atoms with Crippen molar-refractivity contribution in [1.82, 2.24) is 4.90 Å². The Kier molecular flexibility index (Phi) is 4.55. The number of nitrogens with two attached hydrogens (primary N) is 1. The van der Waals surface area contributed by atoms with Gasteiger partial charge < -0.3 is 10.6 Å². The van der Waals surface area contributed by atoms with Crippen LogP contribution in [-0.4, -0.2) is 22.9 Å². The van der Waals surface area contributed by atoms with Crippen molar-refractivity contribution in [3.8, 4) is 0 Å². The van der Waals surface area contributed by atoms with Crippen LogP contribution >= 0.6 is 15.9 Å². The first kappa shape index (κ1) is 15.5. The van der Waals surface area contributed by atoms with E-state index >= 15 is 0 Å². The van der Waals surface area contributed by atoms with E-state index in [1.165, 1.54) is 0 Å². The van der Waals surface area contributed by atoms with Crippen molar-refractivity contribution in [1.29, 1.82) is 0 Å².